The first-order chi connectivity index (χ1) is 13.2. The Morgan fingerprint density at radius 1 is 1.20 bits per heavy atom. The summed E-state index contributed by atoms with van der Waals surface area (Å²) in [6.07, 6.45) is 5.02. The minimum atomic E-state index is 0. The van der Waals surface area contributed by atoms with E-state index in [4.69, 9.17) is 0 Å². The summed E-state index contributed by atoms with van der Waals surface area (Å²) in [4.78, 5) is 2.45. The zero-order chi connectivity index (χ0) is 18.7. The molecule has 2 heterocycles. The number of piperazine rings is 1. The fourth-order valence-electron chi connectivity index (χ4n) is 4.57. The molecule has 1 aliphatic heterocycles. The van der Waals surface area contributed by atoms with Crippen LogP contribution < -0.4 is 10.6 Å². The fraction of sp³-hybridized carbons (Fsp3) is 0.545. The quantitative estimate of drug-likeness (QED) is 0.524. The maximum atomic E-state index is 10.4. The van der Waals surface area contributed by atoms with Crippen LogP contribution in [-0.2, 0) is 18.6 Å². The van der Waals surface area contributed by atoms with E-state index in [-0.39, 0.29) is 42.8 Å². The minimum absolute atomic E-state index is 0. The second-order valence-corrected chi connectivity index (χ2v) is 8.92. The van der Waals surface area contributed by atoms with Gasteiger partial charge in [-0.05, 0) is 59.9 Å². The number of nitrogens with zero attached hydrogens (tertiary/aromatic N) is 1. The summed E-state index contributed by atoms with van der Waals surface area (Å²) < 4.78 is 0. The predicted molar refractivity (Wildman–Crippen MR) is 134 cm³/mol. The monoisotopic (exact) mass is 493 g/mol. The molecule has 0 amide bonds. The third-order valence-corrected chi connectivity index (χ3v) is 7.00. The first-order valence-corrected chi connectivity index (χ1v) is 11.1. The van der Waals surface area contributed by atoms with Crippen molar-refractivity contribution < 1.29 is 5.11 Å². The molecule has 1 atom stereocenters. The number of halogens is 3. The van der Waals surface area contributed by atoms with Crippen LogP contribution in [0.3, 0.4) is 0 Å². The third kappa shape index (κ3) is 6.26. The molecule has 30 heavy (non-hydrogen) atoms. The van der Waals surface area contributed by atoms with E-state index in [0.717, 1.165) is 38.3 Å². The van der Waals surface area contributed by atoms with Crippen molar-refractivity contribution in [2.24, 2.45) is 0 Å². The Balaban J connectivity index is 0.00000150. The molecule has 3 N–H and O–H groups in total. The highest BCUT2D eigenvalue weighted by molar-refractivity contribution is 7.08. The summed E-state index contributed by atoms with van der Waals surface area (Å²) >= 11 is 1.79. The SMILES string of the molecule is CC1CNCCN1Cc1cc(CNC2(c3ccsc3)CCCC2)ccc1O.Cl.Cl.Cl. The Morgan fingerprint density at radius 2 is 1.97 bits per heavy atom. The van der Waals surface area contributed by atoms with Gasteiger partial charge in [0.25, 0.3) is 0 Å². The first kappa shape index (κ1) is 27.5. The zero-order valence-electron chi connectivity index (χ0n) is 17.4. The molecule has 170 valence electrons. The van der Waals surface area contributed by atoms with Gasteiger partial charge in [-0.3, -0.25) is 4.90 Å². The molecule has 1 aromatic carbocycles. The van der Waals surface area contributed by atoms with Crippen molar-refractivity contribution in [3.8, 4) is 5.75 Å². The largest absolute Gasteiger partial charge is 0.508 e. The molecule has 2 aliphatic rings. The normalized spacial score (nSPS) is 20.6. The molecule has 4 nitrogen and oxygen atoms in total. The molecule has 4 rings (SSSR count). The van der Waals surface area contributed by atoms with E-state index < -0.39 is 0 Å². The molecule has 2 aromatic rings. The molecule has 2 fully saturated rings. The van der Waals surface area contributed by atoms with Gasteiger partial charge in [0, 0.05) is 49.9 Å². The smallest absolute Gasteiger partial charge is 0.120 e. The second-order valence-electron chi connectivity index (χ2n) is 8.14. The summed E-state index contributed by atoms with van der Waals surface area (Å²) in [6, 6.07) is 8.89. The molecule has 0 bridgehead atoms. The summed E-state index contributed by atoms with van der Waals surface area (Å²) in [5, 5.41) is 22.2. The lowest BCUT2D eigenvalue weighted by molar-refractivity contribution is 0.164. The van der Waals surface area contributed by atoms with Crippen molar-refractivity contribution in [1.29, 1.82) is 0 Å². The van der Waals surface area contributed by atoms with E-state index in [1.54, 1.807) is 11.3 Å². The highest BCUT2D eigenvalue weighted by Crippen LogP contribution is 2.40. The molecule has 8 heteroatoms. The highest BCUT2D eigenvalue weighted by atomic mass is 35.5. The van der Waals surface area contributed by atoms with E-state index in [9.17, 15) is 5.11 Å². The summed E-state index contributed by atoms with van der Waals surface area (Å²) in [6.45, 7) is 6.99. The molecular weight excluding hydrogens is 461 g/mol. The van der Waals surface area contributed by atoms with Crippen molar-refractivity contribution >= 4 is 48.6 Å². The average Bonchev–Trinajstić information content (AvgIpc) is 3.36. The number of phenolic OH excluding ortho intramolecular Hbond substituents is 1. The van der Waals surface area contributed by atoms with Gasteiger partial charge in [-0.15, -0.1) is 37.2 Å². The first-order valence-electron chi connectivity index (χ1n) is 10.2. The van der Waals surface area contributed by atoms with Gasteiger partial charge in [-0.1, -0.05) is 18.9 Å². The fourth-order valence-corrected chi connectivity index (χ4v) is 5.32. The molecule has 0 radical (unpaired) electrons. The van der Waals surface area contributed by atoms with Crippen LogP contribution in [0.15, 0.2) is 35.0 Å². The van der Waals surface area contributed by atoms with Crippen molar-refractivity contribution in [3.63, 3.8) is 0 Å². The number of aromatic hydroxyl groups is 1. The van der Waals surface area contributed by atoms with Crippen molar-refractivity contribution in [2.75, 3.05) is 19.6 Å². The number of thiophene rings is 1. The van der Waals surface area contributed by atoms with E-state index in [2.05, 4.69) is 51.4 Å². The van der Waals surface area contributed by atoms with Crippen LogP contribution in [0.2, 0.25) is 0 Å². The van der Waals surface area contributed by atoms with Crippen LogP contribution in [0.5, 0.6) is 5.75 Å². The lowest BCUT2D eigenvalue weighted by Gasteiger charge is -2.34. The van der Waals surface area contributed by atoms with Crippen molar-refractivity contribution in [3.05, 3.63) is 51.7 Å². The van der Waals surface area contributed by atoms with Crippen molar-refractivity contribution in [2.45, 2.75) is 57.3 Å². The van der Waals surface area contributed by atoms with Gasteiger partial charge in [0.1, 0.15) is 5.75 Å². The van der Waals surface area contributed by atoms with Gasteiger partial charge >= 0.3 is 0 Å². The van der Waals surface area contributed by atoms with E-state index in [0.29, 0.717) is 11.8 Å². The van der Waals surface area contributed by atoms with Crippen LogP contribution in [0.25, 0.3) is 0 Å². The number of benzene rings is 1. The molecule has 1 unspecified atom stereocenters. The third-order valence-electron chi connectivity index (χ3n) is 6.32. The Labute approximate surface area is 203 Å². The van der Waals surface area contributed by atoms with E-state index >= 15 is 0 Å². The van der Waals surface area contributed by atoms with E-state index in [1.807, 2.05) is 6.07 Å². The van der Waals surface area contributed by atoms with Gasteiger partial charge in [0.2, 0.25) is 0 Å². The van der Waals surface area contributed by atoms with Crippen molar-refractivity contribution in [1.82, 2.24) is 15.5 Å². The van der Waals surface area contributed by atoms with Crippen LogP contribution in [-0.4, -0.2) is 35.7 Å². The molecule has 1 saturated heterocycles. The number of rotatable bonds is 6. The summed E-state index contributed by atoms with van der Waals surface area (Å²) in [5.74, 6) is 0.415. The van der Waals surface area contributed by atoms with Gasteiger partial charge in [-0.25, -0.2) is 0 Å². The van der Waals surface area contributed by atoms with Gasteiger partial charge < -0.3 is 15.7 Å². The maximum absolute atomic E-state index is 10.4. The van der Waals surface area contributed by atoms with Gasteiger partial charge in [0.05, 0.1) is 0 Å². The summed E-state index contributed by atoms with van der Waals surface area (Å²) in [7, 11) is 0. The van der Waals surface area contributed by atoms with Crippen LogP contribution in [0, 0.1) is 0 Å². The molecule has 1 saturated carbocycles. The number of phenols is 1. The molecule has 1 aliphatic carbocycles. The lowest BCUT2D eigenvalue weighted by Crippen LogP contribution is -2.49. The van der Waals surface area contributed by atoms with Crippen LogP contribution in [0.4, 0.5) is 0 Å². The highest BCUT2D eigenvalue weighted by Gasteiger charge is 2.35. The predicted octanol–water partition coefficient (Wildman–Crippen LogP) is 5.07. The Morgan fingerprint density at radius 3 is 2.63 bits per heavy atom. The van der Waals surface area contributed by atoms with Crippen LogP contribution in [0.1, 0.15) is 49.3 Å². The maximum Gasteiger partial charge on any atom is 0.120 e. The van der Waals surface area contributed by atoms with Gasteiger partial charge in [0.15, 0.2) is 0 Å². The second kappa shape index (κ2) is 12.5. The number of hydrogen-bond acceptors (Lipinski definition) is 5. The number of nitrogens with one attached hydrogen (secondary N) is 2. The molecular formula is C22H34Cl3N3OS. The average molecular weight is 495 g/mol. The topological polar surface area (TPSA) is 47.5 Å². The Hall–Kier alpha value is -0.530. The van der Waals surface area contributed by atoms with Gasteiger partial charge in [-0.2, -0.15) is 11.3 Å². The molecule has 0 spiro atoms. The Kier molecular flexibility index (Phi) is 11.5. The standard InChI is InChI=1S/C22H31N3OS.3ClH/c1-17-13-23-9-10-25(17)15-19-12-18(4-5-21(19)26)14-24-22(7-2-3-8-22)20-6-11-27-16-20;;;/h4-6,11-12,16-17,23-24,26H,2-3,7-10,13-15H2,1H3;3*1H. The van der Waals surface area contributed by atoms with Crippen LogP contribution >= 0.6 is 48.6 Å². The molecule has 1 aromatic heterocycles. The Bertz CT molecular complexity index is 754. The lowest BCUT2D eigenvalue weighted by atomic mass is 9.90. The number of hydrogen-bond donors (Lipinski definition) is 3. The van der Waals surface area contributed by atoms with E-state index in [1.165, 1.54) is 36.8 Å². The zero-order valence-corrected chi connectivity index (χ0v) is 20.7. The summed E-state index contributed by atoms with van der Waals surface area (Å²) in [5.41, 5.74) is 3.87. The minimum Gasteiger partial charge on any atom is -0.508 e.